The molecule has 0 N–H and O–H groups in total. The predicted molar refractivity (Wildman–Crippen MR) is 122 cm³/mol. The number of pyridine rings is 1. The van der Waals surface area contributed by atoms with E-state index in [1.165, 1.54) is 5.56 Å². The highest BCUT2D eigenvalue weighted by atomic mass is 35.5. The van der Waals surface area contributed by atoms with Crippen molar-refractivity contribution in [2.75, 3.05) is 0 Å². The third-order valence-corrected chi connectivity index (χ3v) is 5.92. The molecule has 0 unspecified atom stereocenters. The smallest absolute Gasteiger partial charge is 0.152 e. The van der Waals surface area contributed by atoms with Crippen molar-refractivity contribution >= 4 is 46.8 Å². The van der Waals surface area contributed by atoms with E-state index < -0.39 is 0 Å². The Kier molecular flexibility index (Phi) is 7.23. The summed E-state index contributed by atoms with van der Waals surface area (Å²) in [7, 11) is 0. The number of halogens is 2. The number of benzene rings is 1. The van der Waals surface area contributed by atoms with Gasteiger partial charge < -0.3 is 4.57 Å². The number of hydrogen-bond acceptors (Lipinski definition) is 3. The van der Waals surface area contributed by atoms with E-state index >= 15 is 0 Å². The summed E-state index contributed by atoms with van der Waals surface area (Å²) in [5.74, 6) is 0.332. The number of aromatic nitrogens is 2. The van der Waals surface area contributed by atoms with E-state index in [9.17, 15) is 4.79 Å². The largest absolute Gasteiger partial charge is 0.331 e. The molecule has 3 aromatic rings. The normalized spacial score (nSPS) is 11.5. The van der Waals surface area contributed by atoms with Gasteiger partial charge in [0.05, 0.1) is 5.03 Å². The Balaban J connectivity index is 2.13. The van der Waals surface area contributed by atoms with E-state index in [4.69, 9.17) is 23.2 Å². The Bertz CT molecular complexity index is 1020. The fraction of sp³-hybridized carbons (Fsp3) is 0.217. The fourth-order valence-electron chi connectivity index (χ4n) is 2.97. The highest BCUT2D eigenvalue weighted by Gasteiger charge is 2.18. The summed E-state index contributed by atoms with van der Waals surface area (Å²) in [5.41, 5.74) is 3.33. The van der Waals surface area contributed by atoms with E-state index in [-0.39, 0.29) is 5.78 Å². The molecule has 29 heavy (non-hydrogen) atoms. The lowest BCUT2D eigenvalue weighted by Crippen LogP contribution is -2.04. The molecular weight excluding hydrogens is 423 g/mol. The molecule has 0 aliphatic rings. The molecule has 2 aromatic heterocycles. The molecule has 0 amide bonds. The van der Waals surface area contributed by atoms with E-state index in [2.05, 4.69) is 29.5 Å². The third-order valence-electron chi connectivity index (χ3n) is 4.36. The summed E-state index contributed by atoms with van der Waals surface area (Å²) < 4.78 is 2.23. The summed E-state index contributed by atoms with van der Waals surface area (Å²) in [5, 5.41) is 2.32. The number of nitrogens with zero attached hydrogens (tertiary/aromatic N) is 2. The first-order valence-corrected chi connectivity index (χ1v) is 10.9. The topological polar surface area (TPSA) is 34.9 Å². The molecule has 0 fully saturated rings. The Hall–Kier alpha value is -2.01. The van der Waals surface area contributed by atoms with Crippen molar-refractivity contribution in [1.29, 1.82) is 0 Å². The van der Waals surface area contributed by atoms with Gasteiger partial charge in [0.1, 0.15) is 0 Å². The quantitative estimate of drug-likeness (QED) is 0.363. The van der Waals surface area contributed by atoms with Crippen LogP contribution >= 0.6 is 35.0 Å². The molecule has 0 atom stereocenters. The molecule has 3 nitrogen and oxygen atoms in total. The van der Waals surface area contributed by atoms with Gasteiger partial charge in [0.25, 0.3) is 0 Å². The van der Waals surface area contributed by atoms with Crippen LogP contribution in [0, 0.1) is 0 Å². The zero-order chi connectivity index (χ0) is 21.0. The monoisotopic (exact) mass is 444 g/mol. The molecule has 6 heteroatoms. The lowest BCUT2D eigenvalue weighted by Gasteiger charge is -2.15. The lowest BCUT2D eigenvalue weighted by molar-refractivity contribution is -0.112. The molecule has 0 bridgehead atoms. The van der Waals surface area contributed by atoms with E-state index in [1.807, 2.05) is 30.3 Å². The zero-order valence-electron chi connectivity index (χ0n) is 16.5. The molecule has 2 heterocycles. The number of rotatable bonds is 7. The van der Waals surface area contributed by atoms with Crippen LogP contribution in [0.3, 0.4) is 0 Å². The van der Waals surface area contributed by atoms with Crippen LogP contribution in [0.4, 0.5) is 0 Å². The van der Waals surface area contributed by atoms with E-state index in [1.54, 1.807) is 43.2 Å². The molecule has 3 rings (SSSR count). The third kappa shape index (κ3) is 5.75. The number of hydrogen-bond donors (Lipinski definition) is 0. The van der Waals surface area contributed by atoms with Crippen LogP contribution in [0.15, 0.2) is 64.8 Å². The van der Waals surface area contributed by atoms with Crippen LogP contribution < -0.4 is 0 Å². The fourth-order valence-corrected chi connectivity index (χ4v) is 4.92. The molecule has 150 valence electrons. The highest BCUT2D eigenvalue weighted by Crippen LogP contribution is 2.39. The van der Waals surface area contributed by atoms with Crippen LogP contribution in [-0.4, -0.2) is 15.3 Å². The van der Waals surface area contributed by atoms with Gasteiger partial charge in [0.2, 0.25) is 0 Å². The first-order valence-electron chi connectivity index (χ1n) is 9.28. The predicted octanol–water partition coefficient (Wildman–Crippen LogP) is 7.12. The first-order chi connectivity index (χ1) is 13.8. The van der Waals surface area contributed by atoms with Crippen molar-refractivity contribution in [3.63, 3.8) is 0 Å². The molecule has 1 aromatic carbocycles. The second-order valence-electron chi connectivity index (χ2n) is 7.08. The Morgan fingerprint density at radius 3 is 2.38 bits per heavy atom. The second-order valence-corrected chi connectivity index (χ2v) is 9.01. The van der Waals surface area contributed by atoms with E-state index in [0.717, 1.165) is 21.2 Å². The molecular formula is C23H22Cl2N2OS. The van der Waals surface area contributed by atoms with Crippen molar-refractivity contribution < 1.29 is 4.79 Å². The molecule has 0 spiro atoms. The maximum Gasteiger partial charge on any atom is 0.152 e. The zero-order valence-corrected chi connectivity index (χ0v) is 18.9. The number of ketones is 1. The second kappa shape index (κ2) is 9.66. The molecule has 0 aliphatic heterocycles. The first kappa shape index (κ1) is 21.7. The number of carbonyl (C=O) groups excluding carboxylic acids is 1. The number of allylic oxidation sites excluding steroid dienone is 1. The SMILES string of the molecule is CC(=O)/C=C/c1cc(C(C)C)c(Sc2cc(Cl)cc(Cl)c2)n1Cc1ccncc1. The van der Waals surface area contributed by atoms with Crippen molar-refractivity contribution in [2.24, 2.45) is 0 Å². The maximum absolute atomic E-state index is 11.5. The number of carbonyl (C=O) groups is 1. The van der Waals surface area contributed by atoms with Gasteiger partial charge >= 0.3 is 0 Å². The van der Waals surface area contributed by atoms with Crippen molar-refractivity contribution in [1.82, 2.24) is 9.55 Å². The summed E-state index contributed by atoms with van der Waals surface area (Å²) in [6, 6.07) is 11.7. The standard InChI is InChI=1S/C23H22Cl2N2OS/c1-15(2)22-13-20(5-4-16(3)28)27(14-17-6-8-26-9-7-17)23(22)29-21-11-18(24)10-19(25)12-21/h4-13,15H,14H2,1-3H3/b5-4+. The minimum absolute atomic E-state index is 0.0172. The van der Waals surface area contributed by atoms with E-state index in [0.29, 0.717) is 22.5 Å². The average Bonchev–Trinajstić information content (AvgIpc) is 2.97. The molecule has 0 radical (unpaired) electrons. The van der Waals surface area contributed by atoms with Gasteiger partial charge in [-0.15, -0.1) is 0 Å². The summed E-state index contributed by atoms with van der Waals surface area (Å²) in [6.07, 6.45) is 7.06. The van der Waals surface area contributed by atoms with Crippen molar-refractivity contribution in [2.45, 2.75) is 43.2 Å². The van der Waals surface area contributed by atoms with Gasteiger partial charge in [0.15, 0.2) is 5.78 Å². The minimum atomic E-state index is 0.0172. The molecule has 0 aliphatic carbocycles. The van der Waals surface area contributed by atoms with Crippen LogP contribution in [0.1, 0.15) is 43.5 Å². The molecule has 0 saturated carbocycles. The maximum atomic E-state index is 11.5. The van der Waals surface area contributed by atoms with Crippen molar-refractivity contribution in [3.05, 3.63) is 81.7 Å². The summed E-state index contributed by atoms with van der Waals surface area (Å²) >= 11 is 14.1. The Labute approximate surface area is 185 Å². The summed E-state index contributed by atoms with van der Waals surface area (Å²) in [6.45, 7) is 6.56. The van der Waals surface area contributed by atoms with Crippen LogP contribution in [0.25, 0.3) is 6.08 Å². The van der Waals surface area contributed by atoms with Crippen molar-refractivity contribution in [3.8, 4) is 0 Å². The minimum Gasteiger partial charge on any atom is -0.331 e. The van der Waals surface area contributed by atoms with Gasteiger partial charge in [-0.3, -0.25) is 9.78 Å². The summed E-state index contributed by atoms with van der Waals surface area (Å²) in [4.78, 5) is 16.6. The lowest BCUT2D eigenvalue weighted by atomic mass is 10.1. The van der Waals surface area contributed by atoms with Crippen LogP contribution in [0.2, 0.25) is 10.0 Å². The Morgan fingerprint density at radius 1 is 1.14 bits per heavy atom. The van der Waals surface area contributed by atoms with Gasteiger partial charge in [-0.2, -0.15) is 0 Å². The average molecular weight is 445 g/mol. The van der Waals surface area contributed by atoms with Gasteiger partial charge in [-0.1, -0.05) is 48.8 Å². The van der Waals surface area contributed by atoms with Gasteiger partial charge in [0, 0.05) is 39.6 Å². The molecule has 0 saturated heterocycles. The Morgan fingerprint density at radius 2 is 1.79 bits per heavy atom. The highest BCUT2D eigenvalue weighted by molar-refractivity contribution is 7.99. The van der Waals surface area contributed by atoms with Crippen LogP contribution in [-0.2, 0) is 11.3 Å². The van der Waals surface area contributed by atoms with Gasteiger partial charge in [-0.05, 0) is 72.5 Å². The van der Waals surface area contributed by atoms with Crippen LogP contribution in [0.5, 0.6) is 0 Å². The van der Waals surface area contributed by atoms with Gasteiger partial charge in [-0.25, -0.2) is 0 Å².